The van der Waals surface area contributed by atoms with E-state index in [1.54, 1.807) is 57.4 Å². The summed E-state index contributed by atoms with van der Waals surface area (Å²) in [5, 5.41) is 11.1. The number of nitrogens with zero attached hydrogens (tertiary/aromatic N) is 1. The first-order valence-corrected chi connectivity index (χ1v) is 9.38. The van der Waals surface area contributed by atoms with E-state index in [-0.39, 0.29) is 23.8 Å². The van der Waals surface area contributed by atoms with Crippen molar-refractivity contribution in [2.75, 3.05) is 7.11 Å². The molecule has 0 aromatic heterocycles. The number of ether oxygens (including phenoxy) is 1. The highest BCUT2D eigenvalue weighted by molar-refractivity contribution is 6.30. The van der Waals surface area contributed by atoms with E-state index in [0.29, 0.717) is 10.8 Å². The van der Waals surface area contributed by atoms with E-state index in [4.69, 9.17) is 16.3 Å². The minimum atomic E-state index is -0.665. The van der Waals surface area contributed by atoms with Gasteiger partial charge < -0.3 is 14.7 Å². The second-order valence-corrected chi connectivity index (χ2v) is 7.45. The van der Waals surface area contributed by atoms with E-state index in [0.717, 1.165) is 11.1 Å². The predicted octanol–water partition coefficient (Wildman–Crippen LogP) is 4.47. The van der Waals surface area contributed by atoms with Crippen LogP contribution in [0.2, 0.25) is 5.02 Å². The summed E-state index contributed by atoms with van der Waals surface area (Å²) in [4.78, 5) is 27.1. The molecule has 146 valence electrons. The Bertz CT molecular complexity index is 917. The van der Waals surface area contributed by atoms with E-state index in [1.807, 2.05) is 12.1 Å². The van der Waals surface area contributed by atoms with Crippen molar-refractivity contribution in [3.8, 4) is 5.75 Å². The molecule has 28 heavy (non-hydrogen) atoms. The third-order valence-corrected chi connectivity index (χ3v) is 5.04. The molecule has 0 aliphatic carbocycles. The highest BCUT2D eigenvalue weighted by Gasteiger charge is 2.43. The maximum absolute atomic E-state index is 12.8. The van der Waals surface area contributed by atoms with Crippen LogP contribution in [0.4, 0.5) is 0 Å². The zero-order valence-corrected chi connectivity index (χ0v) is 16.7. The van der Waals surface area contributed by atoms with Gasteiger partial charge in [0.25, 0.3) is 5.91 Å². The maximum Gasteiger partial charge on any atom is 0.290 e. The van der Waals surface area contributed by atoms with E-state index >= 15 is 0 Å². The molecule has 2 aromatic carbocycles. The van der Waals surface area contributed by atoms with Crippen LogP contribution in [0.25, 0.3) is 0 Å². The number of Topliss-reactive ketones (excluding diaryl/α,β-unsaturated/α-hetero) is 1. The zero-order valence-electron chi connectivity index (χ0n) is 16.0. The number of methoxy groups -OCH3 is 1. The van der Waals surface area contributed by atoms with Gasteiger partial charge in [0.2, 0.25) is 0 Å². The van der Waals surface area contributed by atoms with E-state index in [2.05, 4.69) is 0 Å². The molecular formula is C22H22ClNO4. The number of carbonyl (C=O) groups excluding carboxylic acids is 2. The van der Waals surface area contributed by atoms with Crippen LogP contribution in [0.1, 0.15) is 31.0 Å². The fourth-order valence-corrected chi connectivity index (χ4v) is 3.42. The number of hydrogen-bond donors (Lipinski definition) is 1. The summed E-state index contributed by atoms with van der Waals surface area (Å²) in [7, 11) is 1.58. The van der Waals surface area contributed by atoms with Crippen LogP contribution < -0.4 is 4.74 Å². The molecule has 1 unspecified atom stereocenters. The lowest BCUT2D eigenvalue weighted by Crippen LogP contribution is -2.31. The van der Waals surface area contributed by atoms with Gasteiger partial charge in [0, 0.05) is 17.5 Å². The number of benzene rings is 2. The zero-order chi connectivity index (χ0) is 20.4. The number of carbonyl (C=O) groups is 2. The second kappa shape index (κ2) is 8.07. The van der Waals surface area contributed by atoms with Crippen molar-refractivity contribution in [3.63, 3.8) is 0 Å². The summed E-state index contributed by atoms with van der Waals surface area (Å²) in [5.74, 6) is -0.918. The molecule has 0 fully saturated rings. The van der Waals surface area contributed by atoms with Gasteiger partial charge in [-0.1, -0.05) is 49.7 Å². The summed E-state index contributed by atoms with van der Waals surface area (Å²) < 4.78 is 5.17. The number of hydrogen-bond acceptors (Lipinski definition) is 4. The van der Waals surface area contributed by atoms with Gasteiger partial charge in [0.15, 0.2) is 11.5 Å². The largest absolute Gasteiger partial charge is 0.503 e. The summed E-state index contributed by atoms with van der Waals surface area (Å²) in [6.45, 7) is 3.74. The van der Waals surface area contributed by atoms with Crippen LogP contribution in [-0.2, 0) is 16.1 Å². The molecule has 1 N–H and O–H groups in total. The first kappa shape index (κ1) is 20.0. The smallest absolute Gasteiger partial charge is 0.290 e. The molecule has 0 bridgehead atoms. The lowest BCUT2D eigenvalue weighted by atomic mass is 9.91. The van der Waals surface area contributed by atoms with Crippen molar-refractivity contribution in [3.05, 3.63) is 76.0 Å². The Labute approximate surface area is 169 Å². The molecule has 0 saturated heterocycles. The van der Waals surface area contributed by atoms with Gasteiger partial charge >= 0.3 is 0 Å². The van der Waals surface area contributed by atoms with Gasteiger partial charge in [0.1, 0.15) is 5.75 Å². The average molecular weight is 400 g/mol. The molecule has 0 spiro atoms. The van der Waals surface area contributed by atoms with Gasteiger partial charge in [-0.25, -0.2) is 0 Å². The third-order valence-electron chi connectivity index (χ3n) is 4.79. The van der Waals surface area contributed by atoms with Crippen molar-refractivity contribution in [1.82, 2.24) is 4.90 Å². The van der Waals surface area contributed by atoms with E-state index in [1.165, 1.54) is 4.90 Å². The quantitative estimate of drug-likeness (QED) is 0.778. The molecule has 3 rings (SSSR count). The fourth-order valence-electron chi connectivity index (χ4n) is 3.30. The van der Waals surface area contributed by atoms with Crippen molar-refractivity contribution in [1.29, 1.82) is 0 Å². The Kier molecular flexibility index (Phi) is 5.75. The number of aliphatic hydroxyl groups is 1. The van der Waals surface area contributed by atoms with Crippen LogP contribution in [0.5, 0.6) is 5.75 Å². The predicted molar refractivity (Wildman–Crippen MR) is 107 cm³/mol. The normalized spacial score (nSPS) is 16.8. The Morgan fingerprint density at radius 1 is 1.14 bits per heavy atom. The van der Waals surface area contributed by atoms with Crippen molar-refractivity contribution in [2.45, 2.75) is 26.4 Å². The molecule has 2 aromatic rings. The summed E-state index contributed by atoms with van der Waals surface area (Å²) >= 11 is 6.00. The number of amides is 1. The van der Waals surface area contributed by atoms with Gasteiger partial charge in [-0.15, -0.1) is 0 Å². The second-order valence-electron chi connectivity index (χ2n) is 7.02. The highest BCUT2D eigenvalue weighted by atomic mass is 35.5. The topological polar surface area (TPSA) is 66.8 Å². The lowest BCUT2D eigenvalue weighted by Gasteiger charge is -2.27. The molecule has 1 atom stereocenters. The summed E-state index contributed by atoms with van der Waals surface area (Å²) in [6, 6.07) is 13.6. The molecule has 1 amide bonds. The monoisotopic (exact) mass is 399 g/mol. The molecule has 6 heteroatoms. The maximum atomic E-state index is 12.8. The summed E-state index contributed by atoms with van der Waals surface area (Å²) in [6.07, 6.45) is 0. The fraction of sp³-hybridized carbons (Fsp3) is 0.273. The van der Waals surface area contributed by atoms with E-state index in [9.17, 15) is 14.7 Å². The first-order valence-electron chi connectivity index (χ1n) is 9.00. The van der Waals surface area contributed by atoms with Crippen LogP contribution in [0.3, 0.4) is 0 Å². The standard InChI is InChI=1S/C22H22ClNO4/c1-13(2)20(25)18-19(15-6-8-16(23)9-7-15)24(22(27)21(18)26)12-14-4-10-17(28-3)11-5-14/h4-11,13,19,26H,12H2,1-3H3. The first-order chi connectivity index (χ1) is 13.3. The minimum absolute atomic E-state index is 0.135. The van der Waals surface area contributed by atoms with Crippen LogP contribution >= 0.6 is 11.6 Å². The average Bonchev–Trinajstić information content (AvgIpc) is 2.93. The van der Waals surface area contributed by atoms with Crippen LogP contribution in [0.15, 0.2) is 59.9 Å². The van der Waals surface area contributed by atoms with Crippen LogP contribution in [0, 0.1) is 5.92 Å². The lowest BCUT2D eigenvalue weighted by molar-refractivity contribution is -0.130. The molecule has 1 heterocycles. The SMILES string of the molecule is COc1ccc(CN2C(=O)C(O)=C(C(=O)C(C)C)C2c2ccc(Cl)cc2)cc1. The number of halogens is 1. The number of ketones is 1. The number of rotatable bonds is 6. The van der Waals surface area contributed by atoms with Crippen molar-refractivity contribution in [2.24, 2.45) is 5.92 Å². The molecular weight excluding hydrogens is 378 g/mol. The Morgan fingerprint density at radius 2 is 1.75 bits per heavy atom. The highest BCUT2D eigenvalue weighted by Crippen LogP contribution is 2.40. The Morgan fingerprint density at radius 3 is 2.29 bits per heavy atom. The van der Waals surface area contributed by atoms with Crippen LogP contribution in [-0.4, -0.2) is 28.8 Å². The molecule has 1 aliphatic heterocycles. The number of aliphatic hydroxyl groups excluding tert-OH is 1. The molecule has 1 aliphatic rings. The van der Waals surface area contributed by atoms with Crippen molar-refractivity contribution >= 4 is 23.3 Å². The Hall–Kier alpha value is -2.79. The van der Waals surface area contributed by atoms with Crippen molar-refractivity contribution < 1.29 is 19.4 Å². The molecule has 0 radical (unpaired) electrons. The van der Waals surface area contributed by atoms with Gasteiger partial charge in [0.05, 0.1) is 18.7 Å². The van der Waals surface area contributed by atoms with Gasteiger partial charge in [-0.3, -0.25) is 9.59 Å². The molecule has 0 saturated carbocycles. The third kappa shape index (κ3) is 3.76. The summed E-state index contributed by atoms with van der Waals surface area (Å²) in [5.41, 5.74) is 1.72. The molecule has 5 nitrogen and oxygen atoms in total. The van der Waals surface area contributed by atoms with Gasteiger partial charge in [-0.05, 0) is 35.4 Å². The Balaban J connectivity index is 2.03. The minimum Gasteiger partial charge on any atom is -0.503 e. The van der Waals surface area contributed by atoms with Gasteiger partial charge in [-0.2, -0.15) is 0 Å². The van der Waals surface area contributed by atoms with E-state index < -0.39 is 17.7 Å².